The second-order valence-electron chi connectivity index (χ2n) is 11.1. The van der Waals surface area contributed by atoms with Crippen molar-refractivity contribution >= 4 is 29.8 Å². The number of nitrogens with one attached hydrogen (secondary N) is 3. The summed E-state index contributed by atoms with van der Waals surface area (Å²) in [7, 11) is 0. The molecular formula is C30H47N7O6. The predicted octanol–water partition coefficient (Wildman–Crippen LogP) is 1.11. The molecule has 13 heteroatoms. The number of alkyl carbamates (subject to hydrolysis) is 1. The smallest absolute Gasteiger partial charge is 0.407 e. The molecule has 9 N–H and O–H groups in total. The largest absolute Gasteiger partial charge is 0.459 e. The van der Waals surface area contributed by atoms with E-state index in [4.69, 9.17) is 33.1 Å². The maximum Gasteiger partial charge on any atom is 0.407 e. The van der Waals surface area contributed by atoms with Crippen molar-refractivity contribution in [3.05, 3.63) is 35.4 Å². The van der Waals surface area contributed by atoms with E-state index in [0.29, 0.717) is 32.4 Å². The summed E-state index contributed by atoms with van der Waals surface area (Å²) in [6, 6.07) is 4.43. The van der Waals surface area contributed by atoms with Crippen LogP contribution in [0.5, 0.6) is 0 Å². The van der Waals surface area contributed by atoms with E-state index in [1.54, 1.807) is 20.8 Å². The van der Waals surface area contributed by atoms with Crippen molar-refractivity contribution in [2.24, 2.45) is 22.2 Å². The maximum absolute atomic E-state index is 13.2. The van der Waals surface area contributed by atoms with Gasteiger partial charge >= 0.3 is 12.1 Å². The molecule has 238 valence electrons. The molecule has 0 unspecified atom stereocenters. The average Bonchev–Trinajstić information content (AvgIpc) is 2.92. The van der Waals surface area contributed by atoms with E-state index >= 15 is 0 Å². The number of amides is 3. The molecule has 13 nitrogen and oxygen atoms in total. The number of nitrogens with two attached hydrogens (primary N) is 3. The molecule has 0 aromatic heterocycles. The van der Waals surface area contributed by atoms with E-state index in [0.717, 1.165) is 11.1 Å². The lowest BCUT2D eigenvalue weighted by Gasteiger charge is -2.23. The number of terminal acetylenes is 1. The molecule has 1 aromatic carbocycles. The molecule has 0 radical (unpaired) electrons. The summed E-state index contributed by atoms with van der Waals surface area (Å²) < 4.78 is 10.7. The molecule has 0 aliphatic rings. The number of unbranched alkanes of at least 4 members (excludes halogenated alkanes) is 1. The molecule has 0 saturated heterocycles. The minimum atomic E-state index is -1.12. The third-order valence-electron chi connectivity index (χ3n) is 5.95. The Morgan fingerprint density at radius 3 is 2.23 bits per heavy atom. The zero-order valence-corrected chi connectivity index (χ0v) is 25.6. The predicted molar refractivity (Wildman–Crippen MR) is 164 cm³/mol. The van der Waals surface area contributed by atoms with Crippen LogP contribution in [0.1, 0.15) is 70.4 Å². The number of guanidine groups is 1. The van der Waals surface area contributed by atoms with E-state index in [2.05, 4.69) is 26.9 Å². The highest BCUT2D eigenvalue weighted by Crippen LogP contribution is 2.10. The van der Waals surface area contributed by atoms with Crippen LogP contribution in [-0.2, 0) is 30.5 Å². The number of benzene rings is 1. The first-order valence-electron chi connectivity index (χ1n) is 14.3. The molecule has 0 saturated carbocycles. The molecular weight excluding hydrogens is 554 g/mol. The SMILES string of the molecule is C#CC[C@H](NC(=O)[C@@H](N)CCCN=C(N)N)C(=O)N[C@@H](CCCCNC(=O)OC(C)(C)C)C(=O)OCc1ccc(C)cc1. The van der Waals surface area contributed by atoms with Crippen molar-refractivity contribution < 1.29 is 28.7 Å². The van der Waals surface area contributed by atoms with Gasteiger partial charge in [0.2, 0.25) is 11.8 Å². The second kappa shape index (κ2) is 19.0. The molecule has 0 aliphatic carbocycles. The Bertz CT molecular complexity index is 1120. The minimum absolute atomic E-state index is 0.0188. The fraction of sp³-hybridized carbons (Fsp3) is 0.567. The highest BCUT2D eigenvalue weighted by Gasteiger charge is 2.28. The van der Waals surface area contributed by atoms with Gasteiger partial charge < -0.3 is 42.6 Å². The third-order valence-corrected chi connectivity index (χ3v) is 5.95. The fourth-order valence-corrected chi connectivity index (χ4v) is 3.70. The Morgan fingerprint density at radius 1 is 0.977 bits per heavy atom. The minimum Gasteiger partial charge on any atom is -0.459 e. The van der Waals surface area contributed by atoms with Crippen molar-refractivity contribution in [3.63, 3.8) is 0 Å². The highest BCUT2D eigenvalue weighted by atomic mass is 16.6. The lowest BCUT2D eigenvalue weighted by Crippen LogP contribution is -2.54. The second-order valence-corrected chi connectivity index (χ2v) is 11.1. The topological polar surface area (TPSA) is 213 Å². The van der Waals surface area contributed by atoms with E-state index in [1.807, 2.05) is 31.2 Å². The van der Waals surface area contributed by atoms with E-state index in [9.17, 15) is 19.2 Å². The first kappa shape index (κ1) is 36.7. The van der Waals surface area contributed by atoms with Gasteiger partial charge in [0, 0.05) is 19.5 Å². The van der Waals surface area contributed by atoms with Crippen molar-refractivity contribution in [1.29, 1.82) is 0 Å². The highest BCUT2D eigenvalue weighted by molar-refractivity contribution is 5.92. The Kier molecular flexibility index (Phi) is 16.2. The van der Waals surface area contributed by atoms with Gasteiger partial charge in [0.1, 0.15) is 24.3 Å². The van der Waals surface area contributed by atoms with Crippen LogP contribution in [0.3, 0.4) is 0 Å². The number of esters is 1. The molecule has 1 aromatic rings. The van der Waals surface area contributed by atoms with Gasteiger partial charge in [-0.1, -0.05) is 29.8 Å². The standard InChI is InChI=1S/C30H47N7O6/c1-6-10-23(36-25(38)22(31)11-9-18-34-28(32)33)26(39)37-24(12-7-8-17-35-29(41)43-30(3,4)5)27(40)42-19-21-15-13-20(2)14-16-21/h1,13-16,22-24H,7-12,17-19,31H2,2-5H3,(H,35,41)(H,36,38)(H,37,39)(H4,32,33,34)/t22-,23-,24-/m0/s1. The van der Waals surface area contributed by atoms with Crippen molar-refractivity contribution in [1.82, 2.24) is 16.0 Å². The number of ether oxygens (including phenoxy) is 2. The van der Waals surface area contributed by atoms with Crippen LogP contribution < -0.4 is 33.2 Å². The first-order valence-corrected chi connectivity index (χ1v) is 14.3. The lowest BCUT2D eigenvalue weighted by molar-refractivity contribution is -0.149. The lowest BCUT2D eigenvalue weighted by atomic mass is 10.1. The van der Waals surface area contributed by atoms with Gasteiger partial charge in [-0.3, -0.25) is 14.6 Å². The van der Waals surface area contributed by atoms with Crippen LogP contribution in [0, 0.1) is 19.3 Å². The molecule has 0 fully saturated rings. The number of carbonyl (C=O) groups is 4. The first-order chi connectivity index (χ1) is 20.2. The van der Waals surface area contributed by atoms with Crippen molar-refractivity contribution in [3.8, 4) is 12.3 Å². The number of carbonyl (C=O) groups excluding carboxylic acids is 4. The van der Waals surface area contributed by atoms with Crippen LogP contribution >= 0.6 is 0 Å². The Balaban J connectivity index is 2.82. The normalized spacial score (nSPS) is 12.9. The summed E-state index contributed by atoms with van der Waals surface area (Å²) >= 11 is 0. The number of hydrogen-bond donors (Lipinski definition) is 6. The monoisotopic (exact) mass is 601 g/mol. The quantitative estimate of drug-likeness (QED) is 0.0495. The zero-order chi connectivity index (χ0) is 32.4. The Hall–Kier alpha value is -4.31. The fourth-order valence-electron chi connectivity index (χ4n) is 3.70. The number of nitrogens with zero attached hydrogens (tertiary/aromatic N) is 1. The third kappa shape index (κ3) is 16.7. The van der Waals surface area contributed by atoms with Gasteiger partial charge in [0.05, 0.1) is 6.04 Å². The van der Waals surface area contributed by atoms with Gasteiger partial charge in [-0.15, -0.1) is 12.3 Å². The number of hydrogen-bond acceptors (Lipinski definition) is 8. The van der Waals surface area contributed by atoms with Crippen LogP contribution in [0.4, 0.5) is 4.79 Å². The zero-order valence-electron chi connectivity index (χ0n) is 25.6. The summed E-state index contributed by atoms with van der Waals surface area (Å²) in [4.78, 5) is 54.6. The molecule has 0 aliphatic heterocycles. The van der Waals surface area contributed by atoms with Gasteiger partial charge in [-0.05, 0) is 65.4 Å². The van der Waals surface area contributed by atoms with Crippen molar-refractivity contribution in [2.45, 2.75) is 96.6 Å². The van der Waals surface area contributed by atoms with Crippen LogP contribution in [0.15, 0.2) is 29.3 Å². The summed E-state index contributed by atoms with van der Waals surface area (Å²) in [5.74, 6) is 0.438. The number of rotatable bonds is 17. The van der Waals surface area contributed by atoms with E-state index in [1.165, 1.54) is 0 Å². The van der Waals surface area contributed by atoms with Gasteiger partial charge in [0.25, 0.3) is 0 Å². The van der Waals surface area contributed by atoms with Crippen LogP contribution in [0.25, 0.3) is 0 Å². The molecule has 0 spiro atoms. The summed E-state index contributed by atoms with van der Waals surface area (Å²) in [5.41, 5.74) is 17.8. The number of aryl methyl sites for hydroxylation is 1. The Labute approximate surface area is 254 Å². The average molecular weight is 602 g/mol. The van der Waals surface area contributed by atoms with Gasteiger partial charge in [0.15, 0.2) is 5.96 Å². The Morgan fingerprint density at radius 2 is 1.63 bits per heavy atom. The van der Waals surface area contributed by atoms with Crippen LogP contribution in [0.2, 0.25) is 0 Å². The molecule has 0 heterocycles. The summed E-state index contributed by atoms with van der Waals surface area (Å²) in [6.07, 6.45) is 6.71. The van der Waals surface area contributed by atoms with Crippen LogP contribution in [-0.4, -0.2) is 66.7 Å². The molecule has 0 bridgehead atoms. The van der Waals surface area contributed by atoms with Gasteiger partial charge in [-0.2, -0.15) is 0 Å². The number of aliphatic imine (C=N–C) groups is 1. The molecule has 3 atom stereocenters. The summed E-state index contributed by atoms with van der Waals surface area (Å²) in [6.45, 7) is 7.87. The van der Waals surface area contributed by atoms with E-state index < -0.39 is 47.6 Å². The molecule has 3 amide bonds. The molecule has 1 rings (SSSR count). The van der Waals surface area contributed by atoms with E-state index in [-0.39, 0.29) is 31.8 Å². The maximum atomic E-state index is 13.2. The molecule has 43 heavy (non-hydrogen) atoms. The van der Waals surface area contributed by atoms with Crippen molar-refractivity contribution in [2.75, 3.05) is 13.1 Å². The summed E-state index contributed by atoms with van der Waals surface area (Å²) in [5, 5.41) is 7.89. The van der Waals surface area contributed by atoms with Gasteiger partial charge in [-0.25, -0.2) is 9.59 Å².